The van der Waals surface area contributed by atoms with Gasteiger partial charge in [0.25, 0.3) is 0 Å². The molecule has 1 aliphatic heterocycles. The number of anilines is 2. The normalized spacial score (nSPS) is 19.3. The predicted octanol–water partition coefficient (Wildman–Crippen LogP) is 1.29. The molecular weight excluding hydrogens is 228 g/mol. The second kappa shape index (κ2) is 6.00. The van der Waals surface area contributed by atoms with Crippen molar-refractivity contribution < 1.29 is 5.11 Å². The molecule has 1 aliphatic rings. The first kappa shape index (κ1) is 13.1. The summed E-state index contributed by atoms with van der Waals surface area (Å²) in [6.45, 7) is 4.43. The van der Waals surface area contributed by atoms with Crippen molar-refractivity contribution in [2.24, 2.45) is 5.92 Å². The first-order chi connectivity index (χ1) is 8.80. The zero-order valence-corrected chi connectivity index (χ0v) is 11.2. The Hall–Kier alpha value is -1.36. The number of aliphatic hydroxyl groups excluding tert-OH is 1. The van der Waals surface area contributed by atoms with Crippen LogP contribution in [0.25, 0.3) is 0 Å². The third-order valence-electron chi connectivity index (χ3n) is 3.64. The van der Waals surface area contributed by atoms with Crippen molar-refractivity contribution in [3.8, 4) is 0 Å². The lowest BCUT2D eigenvalue weighted by Gasteiger charge is -2.21. The van der Waals surface area contributed by atoms with Crippen LogP contribution >= 0.6 is 0 Å². The van der Waals surface area contributed by atoms with Gasteiger partial charge in [-0.1, -0.05) is 6.92 Å². The molecule has 0 bridgehead atoms. The Morgan fingerprint density at radius 3 is 3.00 bits per heavy atom. The summed E-state index contributed by atoms with van der Waals surface area (Å²) >= 11 is 0. The van der Waals surface area contributed by atoms with Gasteiger partial charge in [0.2, 0.25) is 0 Å². The molecule has 0 spiro atoms. The minimum Gasteiger partial charge on any atom is -0.396 e. The van der Waals surface area contributed by atoms with Gasteiger partial charge in [0.1, 0.15) is 18.0 Å². The van der Waals surface area contributed by atoms with Crippen LogP contribution in [0.5, 0.6) is 0 Å². The molecule has 1 atom stereocenters. The van der Waals surface area contributed by atoms with Gasteiger partial charge in [-0.25, -0.2) is 9.97 Å². The van der Waals surface area contributed by atoms with Crippen LogP contribution in [0.3, 0.4) is 0 Å². The quantitative estimate of drug-likeness (QED) is 0.824. The maximum Gasteiger partial charge on any atom is 0.137 e. The number of hydrogen-bond acceptors (Lipinski definition) is 5. The second-order valence-corrected chi connectivity index (χ2v) is 4.74. The Morgan fingerprint density at radius 2 is 2.33 bits per heavy atom. The standard InChI is InChI=1S/C13H22N4O/c1-3-11-12(14-2)15-9-16-13(11)17-6-4-10(8-17)5-7-18/h9-10,18H,3-8H2,1-2H3,(H,14,15,16). The van der Waals surface area contributed by atoms with E-state index in [4.69, 9.17) is 5.11 Å². The van der Waals surface area contributed by atoms with Gasteiger partial charge >= 0.3 is 0 Å². The molecule has 1 fully saturated rings. The second-order valence-electron chi connectivity index (χ2n) is 4.74. The number of aromatic nitrogens is 2. The minimum absolute atomic E-state index is 0.282. The summed E-state index contributed by atoms with van der Waals surface area (Å²) in [5.74, 6) is 2.57. The predicted molar refractivity (Wildman–Crippen MR) is 73.0 cm³/mol. The van der Waals surface area contributed by atoms with Gasteiger partial charge in [-0.2, -0.15) is 0 Å². The average Bonchev–Trinajstić information content (AvgIpc) is 2.86. The van der Waals surface area contributed by atoms with E-state index in [1.54, 1.807) is 6.33 Å². The van der Waals surface area contributed by atoms with Gasteiger partial charge in [-0.15, -0.1) is 0 Å². The van der Waals surface area contributed by atoms with Crippen LogP contribution < -0.4 is 10.2 Å². The molecule has 1 aromatic heterocycles. The molecule has 1 saturated heterocycles. The largest absolute Gasteiger partial charge is 0.396 e. The molecule has 2 heterocycles. The molecule has 2 N–H and O–H groups in total. The Balaban J connectivity index is 2.18. The molecule has 1 aromatic rings. The van der Waals surface area contributed by atoms with E-state index >= 15 is 0 Å². The zero-order chi connectivity index (χ0) is 13.0. The van der Waals surface area contributed by atoms with Crippen LogP contribution in [-0.2, 0) is 6.42 Å². The third-order valence-corrected chi connectivity index (χ3v) is 3.64. The van der Waals surface area contributed by atoms with Crippen molar-refractivity contribution in [1.82, 2.24) is 9.97 Å². The van der Waals surface area contributed by atoms with E-state index in [1.165, 1.54) is 5.56 Å². The van der Waals surface area contributed by atoms with E-state index in [1.807, 2.05) is 7.05 Å². The van der Waals surface area contributed by atoms with Gasteiger partial charge in [0.15, 0.2) is 0 Å². The van der Waals surface area contributed by atoms with Crippen molar-refractivity contribution in [1.29, 1.82) is 0 Å². The first-order valence-corrected chi connectivity index (χ1v) is 6.67. The highest BCUT2D eigenvalue weighted by atomic mass is 16.3. The van der Waals surface area contributed by atoms with Crippen LogP contribution in [0.1, 0.15) is 25.3 Å². The molecule has 2 rings (SSSR count). The molecule has 100 valence electrons. The minimum atomic E-state index is 0.282. The van der Waals surface area contributed by atoms with Crippen LogP contribution in [-0.4, -0.2) is 41.8 Å². The Kier molecular flexibility index (Phi) is 4.36. The fourth-order valence-corrected chi connectivity index (χ4v) is 2.66. The molecule has 0 saturated carbocycles. The number of hydrogen-bond donors (Lipinski definition) is 2. The summed E-state index contributed by atoms with van der Waals surface area (Å²) in [5.41, 5.74) is 1.18. The van der Waals surface area contributed by atoms with E-state index in [-0.39, 0.29) is 6.61 Å². The summed E-state index contributed by atoms with van der Waals surface area (Å²) in [7, 11) is 1.89. The van der Waals surface area contributed by atoms with Crippen molar-refractivity contribution in [3.63, 3.8) is 0 Å². The number of aliphatic hydroxyl groups is 1. The molecule has 5 heteroatoms. The molecule has 0 radical (unpaired) electrons. The Morgan fingerprint density at radius 1 is 1.50 bits per heavy atom. The maximum absolute atomic E-state index is 9.01. The van der Waals surface area contributed by atoms with E-state index in [2.05, 4.69) is 27.1 Å². The van der Waals surface area contributed by atoms with Crippen LogP contribution in [0.4, 0.5) is 11.6 Å². The highest BCUT2D eigenvalue weighted by Crippen LogP contribution is 2.29. The van der Waals surface area contributed by atoms with Crippen molar-refractivity contribution in [2.75, 3.05) is 37.0 Å². The van der Waals surface area contributed by atoms with E-state index in [9.17, 15) is 0 Å². The lowest BCUT2D eigenvalue weighted by molar-refractivity contribution is 0.263. The summed E-state index contributed by atoms with van der Waals surface area (Å²) in [6.07, 6.45) is 4.58. The first-order valence-electron chi connectivity index (χ1n) is 6.67. The zero-order valence-electron chi connectivity index (χ0n) is 11.2. The van der Waals surface area contributed by atoms with Gasteiger partial charge in [0, 0.05) is 32.3 Å². The van der Waals surface area contributed by atoms with Crippen molar-refractivity contribution in [3.05, 3.63) is 11.9 Å². The Labute approximate surface area is 108 Å². The number of rotatable bonds is 5. The lowest BCUT2D eigenvalue weighted by atomic mass is 10.1. The number of nitrogens with zero attached hydrogens (tertiary/aromatic N) is 3. The van der Waals surface area contributed by atoms with E-state index in [0.717, 1.165) is 44.0 Å². The molecule has 5 nitrogen and oxygen atoms in total. The molecule has 18 heavy (non-hydrogen) atoms. The Bertz CT molecular complexity index is 397. The van der Waals surface area contributed by atoms with Gasteiger partial charge < -0.3 is 15.3 Å². The van der Waals surface area contributed by atoms with Crippen LogP contribution in [0.2, 0.25) is 0 Å². The maximum atomic E-state index is 9.01. The van der Waals surface area contributed by atoms with Gasteiger partial charge in [-0.3, -0.25) is 0 Å². The summed E-state index contributed by atoms with van der Waals surface area (Å²) in [6, 6.07) is 0. The monoisotopic (exact) mass is 250 g/mol. The molecule has 0 amide bonds. The SMILES string of the molecule is CCc1c(NC)ncnc1N1CCC(CCO)C1. The smallest absolute Gasteiger partial charge is 0.137 e. The van der Waals surface area contributed by atoms with Gasteiger partial charge in [0.05, 0.1) is 0 Å². The molecule has 0 aromatic carbocycles. The fourth-order valence-electron chi connectivity index (χ4n) is 2.66. The van der Waals surface area contributed by atoms with E-state index < -0.39 is 0 Å². The molecular formula is C13H22N4O. The average molecular weight is 250 g/mol. The highest BCUT2D eigenvalue weighted by Gasteiger charge is 2.25. The van der Waals surface area contributed by atoms with E-state index in [0.29, 0.717) is 5.92 Å². The topological polar surface area (TPSA) is 61.3 Å². The third kappa shape index (κ3) is 2.56. The molecule has 1 unspecified atom stereocenters. The number of nitrogens with one attached hydrogen (secondary N) is 1. The summed E-state index contributed by atoms with van der Waals surface area (Å²) in [5, 5.41) is 12.1. The van der Waals surface area contributed by atoms with Crippen molar-refractivity contribution >= 4 is 11.6 Å². The summed E-state index contributed by atoms with van der Waals surface area (Å²) < 4.78 is 0. The fraction of sp³-hybridized carbons (Fsp3) is 0.692. The molecule has 0 aliphatic carbocycles. The highest BCUT2D eigenvalue weighted by molar-refractivity contribution is 5.59. The van der Waals surface area contributed by atoms with Crippen LogP contribution in [0, 0.1) is 5.92 Å². The van der Waals surface area contributed by atoms with Crippen LogP contribution in [0.15, 0.2) is 6.33 Å². The van der Waals surface area contributed by atoms with Crippen molar-refractivity contribution in [2.45, 2.75) is 26.2 Å². The van der Waals surface area contributed by atoms with Gasteiger partial charge in [-0.05, 0) is 25.2 Å². The lowest BCUT2D eigenvalue weighted by Crippen LogP contribution is -2.23. The summed E-state index contributed by atoms with van der Waals surface area (Å²) in [4.78, 5) is 11.0.